The van der Waals surface area contributed by atoms with Crippen molar-refractivity contribution in [3.8, 4) is 0 Å². The van der Waals surface area contributed by atoms with Crippen LogP contribution >= 0.6 is 22.9 Å². The van der Waals surface area contributed by atoms with Crippen LogP contribution in [-0.2, 0) is 6.54 Å². The molecular weight excluding hydrogens is 304 g/mol. The maximum atomic E-state index is 12.0. The molecule has 0 bridgehead atoms. The molecule has 0 spiro atoms. The number of halogens is 1. The highest BCUT2D eigenvalue weighted by atomic mass is 35.5. The summed E-state index contributed by atoms with van der Waals surface area (Å²) >= 11 is 7.10. The van der Waals surface area contributed by atoms with Crippen LogP contribution in [0.15, 0.2) is 18.5 Å². The van der Waals surface area contributed by atoms with Crippen LogP contribution in [0.1, 0.15) is 20.2 Å². The van der Waals surface area contributed by atoms with Gasteiger partial charge in [-0.2, -0.15) is 0 Å². The molecule has 7 nitrogen and oxygen atoms in total. The zero-order valence-electron chi connectivity index (χ0n) is 10.3. The number of amides is 1. The molecule has 0 radical (unpaired) electrons. The van der Waals surface area contributed by atoms with Crippen LogP contribution in [0.25, 0.3) is 0 Å². The maximum absolute atomic E-state index is 12.0. The van der Waals surface area contributed by atoms with Crippen molar-refractivity contribution in [3.05, 3.63) is 49.2 Å². The van der Waals surface area contributed by atoms with E-state index in [9.17, 15) is 14.9 Å². The van der Waals surface area contributed by atoms with Gasteiger partial charge in [0.1, 0.15) is 21.9 Å². The molecule has 2 aromatic heterocycles. The molecule has 104 valence electrons. The van der Waals surface area contributed by atoms with Gasteiger partial charge in [-0.05, 0) is 13.0 Å². The molecule has 0 aliphatic heterocycles. The summed E-state index contributed by atoms with van der Waals surface area (Å²) < 4.78 is 0. The van der Waals surface area contributed by atoms with E-state index in [0.29, 0.717) is 0 Å². The van der Waals surface area contributed by atoms with E-state index in [0.717, 1.165) is 16.1 Å². The van der Waals surface area contributed by atoms with Gasteiger partial charge in [-0.3, -0.25) is 14.9 Å². The van der Waals surface area contributed by atoms with E-state index >= 15 is 0 Å². The lowest BCUT2D eigenvalue weighted by molar-refractivity contribution is -0.385. The summed E-state index contributed by atoms with van der Waals surface area (Å²) in [6.45, 7) is 2.10. The standard InChI is InChI=1S/C11H9ClN4O3S/c1-6-3-14-10(20-6)5-15-11(17)7-2-9(12)13-4-8(7)16(18)19/h2-4H,5H2,1H3,(H,15,17). The van der Waals surface area contributed by atoms with Crippen molar-refractivity contribution in [3.63, 3.8) is 0 Å². The molecule has 0 saturated heterocycles. The zero-order chi connectivity index (χ0) is 14.7. The molecule has 0 fully saturated rings. The summed E-state index contributed by atoms with van der Waals surface area (Å²) in [5.41, 5.74) is -0.509. The van der Waals surface area contributed by atoms with Crippen LogP contribution in [0, 0.1) is 17.0 Å². The molecule has 2 aromatic rings. The number of rotatable bonds is 4. The molecule has 0 unspecified atom stereocenters. The summed E-state index contributed by atoms with van der Waals surface area (Å²) in [6, 6.07) is 1.17. The Morgan fingerprint density at radius 1 is 1.50 bits per heavy atom. The molecule has 0 aliphatic carbocycles. The summed E-state index contributed by atoms with van der Waals surface area (Å²) in [5, 5.41) is 14.2. The number of hydrogen-bond donors (Lipinski definition) is 1. The molecule has 9 heteroatoms. The number of carbonyl (C=O) groups is 1. The minimum absolute atomic E-state index is 0.0193. The lowest BCUT2D eigenvalue weighted by atomic mass is 10.2. The number of pyridine rings is 1. The number of carbonyl (C=O) groups excluding carboxylic acids is 1. The maximum Gasteiger partial charge on any atom is 0.300 e. The normalized spacial score (nSPS) is 10.3. The van der Waals surface area contributed by atoms with Crippen LogP contribution in [0.4, 0.5) is 5.69 Å². The van der Waals surface area contributed by atoms with Gasteiger partial charge >= 0.3 is 0 Å². The largest absolute Gasteiger partial charge is 0.345 e. The van der Waals surface area contributed by atoms with Crippen molar-refractivity contribution in [2.24, 2.45) is 0 Å². The molecule has 1 amide bonds. The second kappa shape index (κ2) is 5.93. The topological polar surface area (TPSA) is 98.0 Å². The van der Waals surface area contributed by atoms with Gasteiger partial charge in [0.25, 0.3) is 11.6 Å². The van der Waals surface area contributed by atoms with Crippen LogP contribution in [-0.4, -0.2) is 20.8 Å². The highest BCUT2D eigenvalue weighted by Crippen LogP contribution is 2.20. The summed E-state index contributed by atoms with van der Waals surface area (Å²) in [7, 11) is 0. The van der Waals surface area contributed by atoms with Gasteiger partial charge in [0.2, 0.25) is 0 Å². The second-order valence-corrected chi connectivity index (χ2v) is 5.54. The Bertz CT molecular complexity index is 673. The van der Waals surface area contributed by atoms with E-state index in [1.807, 2.05) is 6.92 Å². The Hall–Kier alpha value is -2.06. The first-order chi connectivity index (χ1) is 9.47. The average Bonchev–Trinajstić information content (AvgIpc) is 2.81. The summed E-state index contributed by atoms with van der Waals surface area (Å²) in [5.74, 6) is -0.589. The number of thiazole rings is 1. The first-order valence-corrected chi connectivity index (χ1v) is 6.66. The predicted octanol–water partition coefficient (Wildman–Crippen LogP) is 2.34. The number of nitrogens with one attached hydrogen (secondary N) is 1. The summed E-state index contributed by atoms with van der Waals surface area (Å²) in [6.07, 6.45) is 2.66. The van der Waals surface area contributed by atoms with Crippen LogP contribution in [0.5, 0.6) is 0 Å². The van der Waals surface area contributed by atoms with Crippen molar-refractivity contribution >= 4 is 34.5 Å². The molecular formula is C11H9ClN4O3S. The van der Waals surface area contributed by atoms with Crippen LogP contribution in [0.3, 0.4) is 0 Å². The molecule has 2 heterocycles. The van der Waals surface area contributed by atoms with Gasteiger partial charge < -0.3 is 5.32 Å². The molecule has 0 saturated carbocycles. The van der Waals surface area contributed by atoms with E-state index < -0.39 is 10.8 Å². The molecule has 0 aromatic carbocycles. The third-order valence-electron chi connectivity index (χ3n) is 2.36. The monoisotopic (exact) mass is 312 g/mol. The average molecular weight is 313 g/mol. The van der Waals surface area contributed by atoms with Gasteiger partial charge in [0.05, 0.1) is 11.5 Å². The van der Waals surface area contributed by atoms with E-state index in [4.69, 9.17) is 11.6 Å². The predicted molar refractivity (Wildman–Crippen MR) is 73.9 cm³/mol. The minimum Gasteiger partial charge on any atom is -0.345 e. The Morgan fingerprint density at radius 3 is 2.85 bits per heavy atom. The number of hydrogen-bond acceptors (Lipinski definition) is 6. The fourth-order valence-corrected chi connectivity index (χ4v) is 2.37. The van der Waals surface area contributed by atoms with Gasteiger partial charge in [-0.1, -0.05) is 11.6 Å². The van der Waals surface area contributed by atoms with Gasteiger partial charge in [0.15, 0.2) is 0 Å². The number of aromatic nitrogens is 2. The van der Waals surface area contributed by atoms with Gasteiger partial charge in [-0.25, -0.2) is 9.97 Å². The molecule has 2 rings (SSSR count). The first-order valence-electron chi connectivity index (χ1n) is 5.47. The first kappa shape index (κ1) is 14.4. The minimum atomic E-state index is -0.675. The number of nitro groups is 1. The molecule has 0 atom stereocenters. The summed E-state index contributed by atoms with van der Waals surface area (Å²) in [4.78, 5) is 30.9. The number of aryl methyl sites for hydroxylation is 1. The third-order valence-corrected chi connectivity index (χ3v) is 3.48. The van der Waals surface area contributed by atoms with E-state index in [1.54, 1.807) is 6.20 Å². The van der Waals surface area contributed by atoms with Crippen molar-refractivity contribution in [1.82, 2.24) is 15.3 Å². The smallest absolute Gasteiger partial charge is 0.300 e. The fourth-order valence-electron chi connectivity index (χ4n) is 1.48. The Labute approximate surface area is 122 Å². The van der Waals surface area contributed by atoms with Gasteiger partial charge in [0, 0.05) is 11.1 Å². The number of nitrogens with zero attached hydrogens (tertiary/aromatic N) is 3. The Morgan fingerprint density at radius 2 is 2.25 bits per heavy atom. The van der Waals surface area contributed by atoms with E-state index in [2.05, 4.69) is 15.3 Å². The lowest BCUT2D eigenvalue weighted by Crippen LogP contribution is -2.23. The Kier molecular flexibility index (Phi) is 4.26. The SMILES string of the molecule is Cc1cnc(CNC(=O)c2cc(Cl)ncc2[N+](=O)[O-])s1. The van der Waals surface area contributed by atoms with Crippen molar-refractivity contribution in [2.45, 2.75) is 13.5 Å². The molecule has 20 heavy (non-hydrogen) atoms. The zero-order valence-corrected chi connectivity index (χ0v) is 11.9. The second-order valence-electron chi connectivity index (χ2n) is 3.83. The quantitative estimate of drug-likeness (QED) is 0.531. The van der Waals surface area contributed by atoms with Crippen molar-refractivity contribution in [1.29, 1.82) is 0 Å². The molecule has 0 aliphatic rings. The van der Waals surface area contributed by atoms with E-state index in [1.165, 1.54) is 17.4 Å². The van der Waals surface area contributed by atoms with Gasteiger partial charge in [-0.15, -0.1) is 11.3 Å². The van der Waals surface area contributed by atoms with Crippen LogP contribution in [0.2, 0.25) is 5.15 Å². The third kappa shape index (κ3) is 3.28. The Balaban J connectivity index is 2.16. The van der Waals surface area contributed by atoms with Crippen molar-refractivity contribution in [2.75, 3.05) is 0 Å². The molecule has 1 N–H and O–H groups in total. The van der Waals surface area contributed by atoms with E-state index in [-0.39, 0.29) is 22.9 Å². The highest BCUT2D eigenvalue weighted by Gasteiger charge is 2.21. The highest BCUT2D eigenvalue weighted by molar-refractivity contribution is 7.11. The van der Waals surface area contributed by atoms with Crippen molar-refractivity contribution < 1.29 is 9.72 Å². The lowest BCUT2D eigenvalue weighted by Gasteiger charge is -2.04. The van der Waals surface area contributed by atoms with Crippen LogP contribution < -0.4 is 5.32 Å². The fraction of sp³-hybridized carbons (Fsp3) is 0.182.